The lowest BCUT2D eigenvalue weighted by Gasteiger charge is -2.50. The molecule has 3 rings (SSSR count). The highest BCUT2D eigenvalue weighted by Crippen LogP contribution is 2.39. The SMILES string of the molecule is C=CCOC[C@H]1O[C@H](O[C@@H]2[C@@H](OCC=C)[C@H](O[C@@H]3O[C@H](CN=[N+]=[N-])[C@@H](OCC=C)[C@H](OCC=C)[C@H]3OCC=C)[C@@H](N=[N+]=[N-])C[C@H]2N=[N+]=[N-])[C@H](OCC=C)[C@@H](N=[N+]=[N-])[C@@H]1OCC=C. The van der Waals surface area contributed by atoms with E-state index >= 15 is 0 Å². The first-order chi connectivity index (χ1) is 30.4. The second kappa shape index (κ2) is 29.3. The Bertz CT molecular complexity index is 1670. The van der Waals surface area contributed by atoms with Gasteiger partial charge in [-0.05, 0) is 28.5 Å². The van der Waals surface area contributed by atoms with Crippen molar-refractivity contribution in [3.63, 3.8) is 0 Å². The maximum Gasteiger partial charge on any atom is 0.187 e. The first kappa shape index (κ1) is 51.3. The molecule has 62 heavy (non-hydrogen) atoms. The lowest BCUT2D eigenvalue weighted by Crippen LogP contribution is -2.66. The number of hydrogen-bond donors (Lipinski definition) is 0. The third kappa shape index (κ3) is 14.5. The van der Waals surface area contributed by atoms with E-state index in [2.05, 4.69) is 86.2 Å². The van der Waals surface area contributed by atoms with Crippen molar-refractivity contribution in [1.82, 2.24) is 0 Å². The maximum atomic E-state index is 9.84. The summed E-state index contributed by atoms with van der Waals surface area (Å²) in [6, 6.07) is -3.24. The summed E-state index contributed by atoms with van der Waals surface area (Å²) in [4.78, 5) is 12.1. The van der Waals surface area contributed by atoms with Crippen LogP contribution in [0.4, 0.5) is 0 Å². The normalized spacial score (nSPS) is 32.8. The highest BCUT2D eigenvalue weighted by molar-refractivity contribution is 5.06. The van der Waals surface area contributed by atoms with Crippen molar-refractivity contribution >= 4 is 0 Å². The van der Waals surface area contributed by atoms with E-state index < -0.39 is 91.7 Å². The predicted molar refractivity (Wildman–Crippen MR) is 225 cm³/mol. The molecule has 0 aromatic rings. The molecule has 0 N–H and O–H groups in total. The van der Waals surface area contributed by atoms with Gasteiger partial charge in [-0.1, -0.05) is 63.0 Å². The van der Waals surface area contributed by atoms with Gasteiger partial charge < -0.3 is 52.1 Å². The second-order valence-corrected chi connectivity index (χ2v) is 13.5. The van der Waals surface area contributed by atoms with Gasteiger partial charge in [0.15, 0.2) is 12.6 Å². The van der Waals surface area contributed by atoms with Crippen LogP contribution >= 0.6 is 0 Å². The number of hydrogen-bond acceptors (Lipinski definition) is 15. The van der Waals surface area contributed by atoms with Crippen LogP contribution in [0.1, 0.15) is 6.42 Å². The molecule has 23 heteroatoms. The summed E-state index contributed by atoms with van der Waals surface area (Å²) in [6.07, 6.45) is -2.75. The highest BCUT2D eigenvalue weighted by atomic mass is 16.7. The van der Waals surface area contributed by atoms with Gasteiger partial charge >= 0.3 is 0 Å². The smallest absolute Gasteiger partial charge is 0.187 e. The summed E-state index contributed by atoms with van der Waals surface area (Å²) < 4.78 is 69.5. The van der Waals surface area contributed by atoms with Crippen molar-refractivity contribution in [3.8, 4) is 0 Å². The molecule has 2 saturated heterocycles. The molecule has 0 aromatic carbocycles. The minimum absolute atomic E-state index is 0.00914. The molecule has 0 bridgehead atoms. The first-order valence-corrected chi connectivity index (χ1v) is 19.6. The number of nitrogens with zero attached hydrogens (tertiary/aromatic N) is 12. The molecule has 1 saturated carbocycles. The molecule has 15 atom stereocenters. The van der Waals surface area contributed by atoms with Crippen LogP contribution in [-0.2, 0) is 52.1 Å². The van der Waals surface area contributed by atoms with Gasteiger partial charge in [0.1, 0.15) is 36.6 Å². The van der Waals surface area contributed by atoms with Crippen LogP contribution in [0, 0.1) is 0 Å². The van der Waals surface area contributed by atoms with E-state index in [1.165, 1.54) is 36.5 Å². The molecule has 23 nitrogen and oxygen atoms in total. The molecule has 3 fully saturated rings. The maximum absolute atomic E-state index is 9.84. The van der Waals surface area contributed by atoms with Gasteiger partial charge in [-0.2, -0.15) is 0 Å². The largest absolute Gasteiger partial charge is 0.375 e. The predicted octanol–water partition coefficient (Wildman–Crippen LogP) is 6.59. The van der Waals surface area contributed by atoms with Gasteiger partial charge in [0.2, 0.25) is 0 Å². The van der Waals surface area contributed by atoms with Crippen LogP contribution in [0.2, 0.25) is 0 Å². The Kier molecular flexibility index (Phi) is 24.3. The molecule has 0 unspecified atom stereocenters. The Labute approximate surface area is 360 Å². The Morgan fingerprint density at radius 2 is 0.887 bits per heavy atom. The molecular formula is C39H56N12O11. The molecular weight excluding hydrogens is 813 g/mol. The monoisotopic (exact) mass is 868 g/mol. The molecule has 0 spiro atoms. The highest BCUT2D eigenvalue weighted by Gasteiger charge is 2.55. The Morgan fingerprint density at radius 3 is 1.37 bits per heavy atom. The topological polar surface area (TPSA) is 297 Å². The summed E-state index contributed by atoms with van der Waals surface area (Å²) in [5, 5.41) is 15.9. The summed E-state index contributed by atoms with van der Waals surface area (Å²) in [7, 11) is 0. The zero-order chi connectivity index (χ0) is 45.1. The molecule has 0 aromatic heterocycles. The summed E-state index contributed by atoms with van der Waals surface area (Å²) >= 11 is 0. The molecule has 2 aliphatic heterocycles. The minimum Gasteiger partial charge on any atom is -0.375 e. The molecule has 0 amide bonds. The summed E-state index contributed by atoms with van der Waals surface area (Å²) in [5.41, 5.74) is 38.7. The van der Waals surface area contributed by atoms with Crippen LogP contribution in [0.25, 0.3) is 41.8 Å². The standard InChI is InChI=1S/C39H56N12O11/c1-8-15-52-24-28-32(53-16-9-2)29(47-51-43)34(55-18-11-4)38(60-28)61-30-25(45-49-41)22-26(46-50-42)31(35(30)56-19-12-5)62-39-37(58-21-14-7)36(57-20-13-6)33(54-17-10-3)27(59-39)23-44-48-40/h8-14,25-39H,1-7,15-24H2/t25-,26+,27-,28-,29+,30+,31-,32-,33-,34-,35-,36+,37-,38-,39+/m1/s1. The average molecular weight is 869 g/mol. The molecule has 0 radical (unpaired) electrons. The van der Waals surface area contributed by atoms with E-state index in [9.17, 15) is 22.1 Å². The van der Waals surface area contributed by atoms with E-state index in [1.807, 2.05) is 0 Å². The Morgan fingerprint density at radius 1 is 0.468 bits per heavy atom. The zero-order valence-corrected chi connectivity index (χ0v) is 34.6. The number of rotatable bonds is 31. The zero-order valence-electron chi connectivity index (χ0n) is 34.6. The molecule has 1 aliphatic carbocycles. The summed E-state index contributed by atoms with van der Waals surface area (Å²) in [5.74, 6) is 0. The third-order valence-electron chi connectivity index (χ3n) is 9.55. The van der Waals surface area contributed by atoms with Crippen molar-refractivity contribution in [2.45, 2.75) is 98.2 Å². The van der Waals surface area contributed by atoms with Crippen molar-refractivity contribution in [2.24, 2.45) is 20.5 Å². The van der Waals surface area contributed by atoms with Gasteiger partial charge in [-0.15, -0.1) is 46.1 Å². The first-order valence-electron chi connectivity index (χ1n) is 19.6. The lowest BCUT2D eigenvalue weighted by molar-refractivity contribution is -0.344. The van der Waals surface area contributed by atoms with Gasteiger partial charge in [-0.3, -0.25) is 0 Å². The van der Waals surface area contributed by atoms with Crippen molar-refractivity contribution in [1.29, 1.82) is 0 Å². The fourth-order valence-electron chi connectivity index (χ4n) is 7.21. The van der Waals surface area contributed by atoms with Gasteiger partial charge in [0.25, 0.3) is 0 Å². The van der Waals surface area contributed by atoms with Crippen molar-refractivity contribution in [2.75, 3.05) is 59.4 Å². The van der Waals surface area contributed by atoms with Crippen LogP contribution in [0.5, 0.6) is 0 Å². The Hall–Kier alpha value is -5.02. The number of azide groups is 4. The fraction of sp³-hybridized carbons (Fsp3) is 0.641. The van der Waals surface area contributed by atoms with Crippen molar-refractivity contribution < 1.29 is 52.1 Å². The van der Waals surface area contributed by atoms with Crippen LogP contribution < -0.4 is 0 Å². The van der Waals surface area contributed by atoms with E-state index in [-0.39, 0.29) is 65.8 Å². The minimum atomic E-state index is -1.37. The van der Waals surface area contributed by atoms with Crippen molar-refractivity contribution in [3.05, 3.63) is 130 Å². The second-order valence-electron chi connectivity index (χ2n) is 13.5. The quantitative estimate of drug-likeness (QED) is 0.0235. The van der Waals surface area contributed by atoms with E-state index in [0.29, 0.717) is 0 Å². The van der Waals surface area contributed by atoms with E-state index in [4.69, 9.17) is 52.1 Å². The summed E-state index contributed by atoms with van der Waals surface area (Å²) in [6.45, 7) is 26.2. The van der Waals surface area contributed by atoms with Crippen LogP contribution in [0.3, 0.4) is 0 Å². The average Bonchev–Trinajstić information content (AvgIpc) is 3.27. The van der Waals surface area contributed by atoms with Gasteiger partial charge in [-0.25, -0.2) is 0 Å². The molecule has 338 valence electrons. The van der Waals surface area contributed by atoms with Gasteiger partial charge in [0, 0.05) is 19.6 Å². The van der Waals surface area contributed by atoms with E-state index in [1.54, 1.807) is 6.08 Å². The fourth-order valence-corrected chi connectivity index (χ4v) is 7.21. The van der Waals surface area contributed by atoms with E-state index in [0.717, 1.165) is 0 Å². The van der Waals surface area contributed by atoms with Crippen LogP contribution in [-0.4, -0.2) is 151 Å². The van der Waals surface area contributed by atoms with Gasteiger partial charge in [0.05, 0.1) is 102 Å². The molecule has 3 aliphatic rings. The lowest BCUT2D eigenvalue weighted by atomic mass is 9.83. The third-order valence-corrected chi connectivity index (χ3v) is 9.55. The number of ether oxygens (including phenoxy) is 11. The molecule has 2 heterocycles. The Balaban J connectivity index is 2.23. The van der Waals surface area contributed by atoms with Crippen LogP contribution in [0.15, 0.2) is 109 Å².